The van der Waals surface area contributed by atoms with Gasteiger partial charge < -0.3 is 14.6 Å². The van der Waals surface area contributed by atoms with Crippen molar-refractivity contribution in [2.75, 3.05) is 18.0 Å². The van der Waals surface area contributed by atoms with Crippen LogP contribution in [0.5, 0.6) is 0 Å². The topological polar surface area (TPSA) is 88.6 Å². The maximum atomic E-state index is 12.9. The summed E-state index contributed by atoms with van der Waals surface area (Å²) in [5, 5.41) is 14.0. The number of nitrogens with zero attached hydrogens (tertiary/aromatic N) is 2. The van der Waals surface area contributed by atoms with Crippen LogP contribution < -0.4 is 10.2 Å². The highest BCUT2D eigenvalue weighted by Gasteiger charge is 2.23. The number of carbonyl (C=O) groups excluding carboxylic acids is 1. The molecular formula is C19H23N3O4. The van der Waals surface area contributed by atoms with Gasteiger partial charge in [-0.15, -0.1) is 0 Å². The van der Waals surface area contributed by atoms with Crippen molar-refractivity contribution in [1.29, 1.82) is 0 Å². The molecule has 26 heavy (non-hydrogen) atoms. The van der Waals surface area contributed by atoms with Crippen LogP contribution in [0.3, 0.4) is 0 Å². The van der Waals surface area contributed by atoms with E-state index in [1.807, 2.05) is 26.0 Å². The molecule has 0 spiro atoms. The van der Waals surface area contributed by atoms with Crippen molar-refractivity contribution >= 4 is 17.3 Å². The molecule has 1 amide bonds. The second kappa shape index (κ2) is 7.59. The summed E-state index contributed by atoms with van der Waals surface area (Å²) in [7, 11) is 0. The molecule has 3 rings (SSSR count). The lowest BCUT2D eigenvalue weighted by molar-refractivity contribution is -0.384. The molecule has 1 aromatic carbocycles. The Morgan fingerprint density at radius 3 is 2.58 bits per heavy atom. The first-order valence-corrected chi connectivity index (χ1v) is 8.86. The highest BCUT2D eigenvalue weighted by Crippen LogP contribution is 2.28. The zero-order valence-electron chi connectivity index (χ0n) is 15.0. The number of non-ortho nitro benzene ring substituents is 1. The molecule has 1 saturated heterocycles. The Morgan fingerprint density at radius 2 is 1.96 bits per heavy atom. The van der Waals surface area contributed by atoms with Gasteiger partial charge in [-0.1, -0.05) is 0 Å². The number of aryl methyl sites for hydroxylation is 1. The molecule has 0 bridgehead atoms. The van der Waals surface area contributed by atoms with Gasteiger partial charge in [0.05, 0.1) is 22.2 Å². The Kier molecular flexibility index (Phi) is 5.25. The number of amides is 1. The van der Waals surface area contributed by atoms with E-state index in [1.165, 1.54) is 18.6 Å². The molecule has 1 aromatic heterocycles. The molecule has 2 aromatic rings. The molecule has 1 N–H and O–H groups in total. The van der Waals surface area contributed by atoms with E-state index in [0.717, 1.165) is 37.4 Å². The van der Waals surface area contributed by atoms with Gasteiger partial charge in [-0.25, -0.2) is 0 Å². The number of anilines is 1. The van der Waals surface area contributed by atoms with Crippen LogP contribution in [0, 0.1) is 17.0 Å². The fraction of sp³-hybridized carbons (Fsp3) is 0.421. The number of benzene rings is 1. The zero-order chi connectivity index (χ0) is 18.7. The predicted octanol–water partition coefficient (Wildman–Crippen LogP) is 3.98. The molecule has 1 unspecified atom stereocenters. The lowest BCUT2D eigenvalue weighted by Crippen LogP contribution is -2.33. The Morgan fingerprint density at radius 1 is 1.23 bits per heavy atom. The number of rotatable bonds is 5. The van der Waals surface area contributed by atoms with Gasteiger partial charge in [0.25, 0.3) is 11.6 Å². The quantitative estimate of drug-likeness (QED) is 0.646. The normalized spacial score (nSPS) is 15.5. The van der Waals surface area contributed by atoms with E-state index >= 15 is 0 Å². The van der Waals surface area contributed by atoms with E-state index in [4.69, 9.17) is 4.42 Å². The van der Waals surface area contributed by atoms with Crippen LogP contribution in [-0.4, -0.2) is 23.9 Å². The standard InChI is InChI=1S/C19H23N3O4/c1-13-6-9-18(26-13)14(2)20-19(23)16-12-15(22(24)25)7-8-17(16)21-10-4-3-5-11-21/h6-9,12,14H,3-5,10-11H2,1-2H3,(H,20,23). The second-order valence-corrected chi connectivity index (χ2v) is 6.65. The van der Waals surface area contributed by atoms with Gasteiger partial charge in [-0.3, -0.25) is 14.9 Å². The van der Waals surface area contributed by atoms with Crippen LogP contribution in [0.1, 0.15) is 54.1 Å². The molecule has 138 valence electrons. The molecule has 7 nitrogen and oxygen atoms in total. The average molecular weight is 357 g/mol. The summed E-state index contributed by atoms with van der Waals surface area (Å²) in [4.78, 5) is 25.7. The molecule has 1 atom stereocenters. The maximum absolute atomic E-state index is 12.9. The van der Waals surface area contributed by atoms with E-state index in [2.05, 4.69) is 10.2 Å². The third-order valence-electron chi connectivity index (χ3n) is 4.67. The summed E-state index contributed by atoms with van der Waals surface area (Å²) >= 11 is 0. The Bertz CT molecular complexity index is 809. The summed E-state index contributed by atoms with van der Waals surface area (Å²) in [6, 6.07) is 7.83. The van der Waals surface area contributed by atoms with E-state index in [1.54, 1.807) is 6.07 Å². The average Bonchev–Trinajstić information content (AvgIpc) is 3.08. The molecule has 7 heteroatoms. The monoisotopic (exact) mass is 357 g/mol. The van der Waals surface area contributed by atoms with Crippen molar-refractivity contribution in [1.82, 2.24) is 5.32 Å². The van der Waals surface area contributed by atoms with E-state index < -0.39 is 4.92 Å². The first-order valence-electron chi connectivity index (χ1n) is 8.86. The summed E-state index contributed by atoms with van der Waals surface area (Å²) in [5.41, 5.74) is 0.990. The fourth-order valence-corrected chi connectivity index (χ4v) is 3.26. The fourth-order valence-electron chi connectivity index (χ4n) is 3.26. The van der Waals surface area contributed by atoms with Gasteiger partial charge in [-0.05, 0) is 51.3 Å². The molecule has 0 aliphatic carbocycles. The zero-order valence-corrected chi connectivity index (χ0v) is 15.0. The minimum absolute atomic E-state index is 0.0857. The summed E-state index contributed by atoms with van der Waals surface area (Å²) in [6.07, 6.45) is 3.28. The van der Waals surface area contributed by atoms with E-state index in [-0.39, 0.29) is 17.6 Å². The number of hydrogen-bond acceptors (Lipinski definition) is 5. The summed E-state index contributed by atoms with van der Waals surface area (Å²) in [5.74, 6) is 1.09. The van der Waals surface area contributed by atoms with Gasteiger partial charge in [0.1, 0.15) is 11.5 Å². The molecule has 0 saturated carbocycles. The highest BCUT2D eigenvalue weighted by molar-refractivity contribution is 6.00. The molecule has 1 aliphatic heterocycles. The van der Waals surface area contributed by atoms with Gasteiger partial charge in [0, 0.05) is 25.2 Å². The van der Waals surface area contributed by atoms with Crippen molar-refractivity contribution in [3.05, 3.63) is 57.5 Å². The van der Waals surface area contributed by atoms with E-state index in [9.17, 15) is 14.9 Å². The van der Waals surface area contributed by atoms with Gasteiger partial charge in [-0.2, -0.15) is 0 Å². The van der Waals surface area contributed by atoms with Gasteiger partial charge >= 0.3 is 0 Å². The smallest absolute Gasteiger partial charge is 0.270 e. The van der Waals surface area contributed by atoms with Crippen LogP contribution >= 0.6 is 0 Å². The summed E-state index contributed by atoms with van der Waals surface area (Å²) < 4.78 is 5.56. The second-order valence-electron chi connectivity index (χ2n) is 6.65. The first kappa shape index (κ1) is 18.0. The number of carbonyl (C=O) groups is 1. The molecule has 0 radical (unpaired) electrons. The number of nitro groups is 1. The van der Waals surface area contributed by atoms with Crippen molar-refractivity contribution < 1.29 is 14.1 Å². The van der Waals surface area contributed by atoms with Crippen molar-refractivity contribution in [2.45, 2.75) is 39.2 Å². The number of nitrogens with one attached hydrogen (secondary N) is 1. The lowest BCUT2D eigenvalue weighted by atomic mass is 10.1. The Hall–Kier alpha value is -2.83. The molecular weight excluding hydrogens is 334 g/mol. The van der Waals surface area contributed by atoms with Crippen LogP contribution in [0.2, 0.25) is 0 Å². The minimum atomic E-state index is -0.476. The largest absolute Gasteiger partial charge is 0.464 e. The lowest BCUT2D eigenvalue weighted by Gasteiger charge is -2.30. The highest BCUT2D eigenvalue weighted by atomic mass is 16.6. The number of hydrogen-bond donors (Lipinski definition) is 1. The minimum Gasteiger partial charge on any atom is -0.464 e. The Balaban J connectivity index is 1.88. The van der Waals surface area contributed by atoms with Gasteiger partial charge in [0.15, 0.2) is 0 Å². The molecule has 1 aliphatic rings. The Labute approximate surface area is 152 Å². The molecule has 2 heterocycles. The summed E-state index contributed by atoms with van der Waals surface area (Å²) in [6.45, 7) is 5.37. The van der Waals surface area contributed by atoms with Crippen molar-refractivity contribution in [3.8, 4) is 0 Å². The first-order chi connectivity index (χ1) is 12.5. The number of piperidine rings is 1. The SMILES string of the molecule is Cc1ccc(C(C)NC(=O)c2cc([N+](=O)[O-])ccc2N2CCCCC2)o1. The van der Waals surface area contributed by atoms with Crippen LogP contribution in [0.15, 0.2) is 34.7 Å². The number of furan rings is 1. The van der Waals surface area contributed by atoms with Gasteiger partial charge in [0.2, 0.25) is 0 Å². The third kappa shape index (κ3) is 3.87. The molecule has 1 fully saturated rings. The maximum Gasteiger partial charge on any atom is 0.270 e. The van der Waals surface area contributed by atoms with Crippen molar-refractivity contribution in [3.63, 3.8) is 0 Å². The van der Waals surface area contributed by atoms with Crippen LogP contribution in [-0.2, 0) is 0 Å². The number of nitro benzene ring substituents is 1. The van der Waals surface area contributed by atoms with Crippen LogP contribution in [0.25, 0.3) is 0 Å². The third-order valence-corrected chi connectivity index (χ3v) is 4.67. The van der Waals surface area contributed by atoms with E-state index in [0.29, 0.717) is 11.3 Å². The van der Waals surface area contributed by atoms with Crippen LogP contribution in [0.4, 0.5) is 11.4 Å². The van der Waals surface area contributed by atoms with Crippen molar-refractivity contribution in [2.24, 2.45) is 0 Å². The predicted molar refractivity (Wildman–Crippen MR) is 98.5 cm³/mol.